The van der Waals surface area contributed by atoms with Gasteiger partial charge in [0.2, 0.25) is 0 Å². The van der Waals surface area contributed by atoms with E-state index in [1.54, 1.807) is 0 Å². The third-order valence-electron chi connectivity index (χ3n) is 4.23. The summed E-state index contributed by atoms with van der Waals surface area (Å²) < 4.78 is 5.03. The lowest BCUT2D eigenvalue weighted by Gasteiger charge is -2.39. The predicted octanol–water partition coefficient (Wildman–Crippen LogP) is 2.37. The summed E-state index contributed by atoms with van der Waals surface area (Å²) in [7, 11) is 1.49. The Bertz CT molecular complexity index is 457. The first-order valence-corrected chi connectivity index (χ1v) is 6.19. The standard InChI is InChI=1S/C14H17NO2/c1-17-13(16)14-8-4-7-12(14)15-11-6-3-2-5-10(11)9-14/h2-3,5-6,12,15H,4,7-9H2,1H3/t12-,14-/m0/s1. The first-order valence-electron chi connectivity index (χ1n) is 6.19. The molecule has 17 heavy (non-hydrogen) atoms. The van der Waals surface area contributed by atoms with Crippen LogP contribution in [-0.2, 0) is 16.0 Å². The average molecular weight is 231 g/mol. The average Bonchev–Trinajstić information content (AvgIpc) is 2.78. The highest BCUT2D eigenvalue weighted by Crippen LogP contribution is 2.47. The maximum Gasteiger partial charge on any atom is 0.314 e. The molecule has 1 N–H and O–H groups in total. The van der Waals surface area contributed by atoms with Gasteiger partial charge in [-0.05, 0) is 30.9 Å². The second-order valence-corrected chi connectivity index (χ2v) is 5.07. The van der Waals surface area contributed by atoms with E-state index in [1.807, 2.05) is 12.1 Å². The van der Waals surface area contributed by atoms with E-state index < -0.39 is 0 Å². The Kier molecular flexibility index (Phi) is 2.35. The maximum atomic E-state index is 12.1. The van der Waals surface area contributed by atoms with Gasteiger partial charge < -0.3 is 10.1 Å². The number of hydrogen-bond donors (Lipinski definition) is 1. The molecule has 3 heteroatoms. The molecule has 0 unspecified atom stereocenters. The summed E-state index contributed by atoms with van der Waals surface area (Å²) in [6, 6.07) is 8.49. The number of anilines is 1. The van der Waals surface area contributed by atoms with Crippen LogP contribution in [-0.4, -0.2) is 19.1 Å². The Labute approximate surface area is 101 Å². The van der Waals surface area contributed by atoms with Gasteiger partial charge in [-0.1, -0.05) is 24.6 Å². The van der Waals surface area contributed by atoms with Gasteiger partial charge in [0.25, 0.3) is 0 Å². The fourth-order valence-electron chi connectivity index (χ4n) is 3.36. The lowest BCUT2D eigenvalue weighted by atomic mass is 9.74. The minimum Gasteiger partial charge on any atom is -0.469 e. The molecule has 1 fully saturated rings. The molecule has 1 saturated carbocycles. The summed E-state index contributed by atoms with van der Waals surface area (Å²) in [4.78, 5) is 12.1. The van der Waals surface area contributed by atoms with Crippen LogP contribution in [0.15, 0.2) is 24.3 Å². The third-order valence-corrected chi connectivity index (χ3v) is 4.23. The first kappa shape index (κ1) is 10.6. The van der Waals surface area contributed by atoms with Crippen LogP contribution >= 0.6 is 0 Å². The van der Waals surface area contributed by atoms with Gasteiger partial charge in [0.05, 0.1) is 12.5 Å². The Morgan fingerprint density at radius 2 is 2.29 bits per heavy atom. The number of para-hydroxylation sites is 1. The van der Waals surface area contributed by atoms with E-state index in [1.165, 1.54) is 18.4 Å². The molecule has 90 valence electrons. The van der Waals surface area contributed by atoms with Crippen molar-refractivity contribution in [3.63, 3.8) is 0 Å². The summed E-state index contributed by atoms with van der Waals surface area (Å²) >= 11 is 0. The molecule has 3 rings (SSSR count). The molecule has 1 aliphatic carbocycles. The highest BCUT2D eigenvalue weighted by molar-refractivity contribution is 5.81. The number of hydrogen-bond acceptors (Lipinski definition) is 3. The Hall–Kier alpha value is -1.51. The number of benzene rings is 1. The van der Waals surface area contributed by atoms with Crippen LogP contribution in [0.4, 0.5) is 5.69 Å². The fourth-order valence-corrected chi connectivity index (χ4v) is 3.36. The number of esters is 1. The van der Waals surface area contributed by atoms with E-state index in [0.29, 0.717) is 0 Å². The molecule has 2 atom stereocenters. The van der Waals surface area contributed by atoms with Crippen molar-refractivity contribution in [1.29, 1.82) is 0 Å². The molecule has 1 aromatic carbocycles. The van der Waals surface area contributed by atoms with Gasteiger partial charge in [-0.3, -0.25) is 4.79 Å². The number of rotatable bonds is 1. The molecular weight excluding hydrogens is 214 g/mol. The zero-order valence-corrected chi connectivity index (χ0v) is 10.0. The van der Waals surface area contributed by atoms with E-state index in [-0.39, 0.29) is 17.4 Å². The van der Waals surface area contributed by atoms with Crippen molar-refractivity contribution in [2.24, 2.45) is 5.41 Å². The molecule has 0 radical (unpaired) electrons. The van der Waals surface area contributed by atoms with Crippen molar-refractivity contribution < 1.29 is 9.53 Å². The fraction of sp³-hybridized carbons (Fsp3) is 0.500. The smallest absolute Gasteiger partial charge is 0.314 e. The van der Waals surface area contributed by atoms with Crippen LogP contribution in [0.1, 0.15) is 24.8 Å². The molecular formula is C14H17NO2. The number of fused-ring (bicyclic) bond motifs is 2. The van der Waals surface area contributed by atoms with Crippen LogP contribution in [0.2, 0.25) is 0 Å². The zero-order valence-electron chi connectivity index (χ0n) is 10.0. The number of carbonyl (C=O) groups is 1. The van der Waals surface area contributed by atoms with Gasteiger partial charge in [0, 0.05) is 11.7 Å². The van der Waals surface area contributed by atoms with Gasteiger partial charge in [-0.15, -0.1) is 0 Å². The molecule has 2 aliphatic rings. The molecule has 0 spiro atoms. The van der Waals surface area contributed by atoms with Gasteiger partial charge in [-0.25, -0.2) is 0 Å². The highest BCUT2D eigenvalue weighted by atomic mass is 16.5. The van der Waals surface area contributed by atoms with Crippen LogP contribution in [0.5, 0.6) is 0 Å². The second-order valence-electron chi connectivity index (χ2n) is 5.07. The van der Waals surface area contributed by atoms with Gasteiger partial charge in [-0.2, -0.15) is 0 Å². The van der Waals surface area contributed by atoms with E-state index in [4.69, 9.17) is 4.74 Å². The van der Waals surface area contributed by atoms with Crippen LogP contribution in [0.3, 0.4) is 0 Å². The molecule has 0 amide bonds. The van der Waals surface area contributed by atoms with Crippen molar-refractivity contribution in [3.8, 4) is 0 Å². The van der Waals surface area contributed by atoms with Crippen molar-refractivity contribution >= 4 is 11.7 Å². The molecule has 1 aromatic rings. The Balaban J connectivity index is 2.02. The molecule has 0 saturated heterocycles. The minimum absolute atomic E-state index is 0.0537. The molecule has 0 bridgehead atoms. The van der Waals surface area contributed by atoms with Crippen molar-refractivity contribution in [1.82, 2.24) is 0 Å². The first-order chi connectivity index (χ1) is 8.26. The summed E-state index contributed by atoms with van der Waals surface area (Å²) in [6.07, 6.45) is 3.91. The number of ether oxygens (including phenoxy) is 1. The summed E-state index contributed by atoms with van der Waals surface area (Å²) in [6.45, 7) is 0. The number of carbonyl (C=O) groups excluding carboxylic acids is 1. The van der Waals surface area contributed by atoms with Gasteiger partial charge in [0.15, 0.2) is 0 Å². The van der Waals surface area contributed by atoms with Crippen LogP contribution < -0.4 is 5.32 Å². The SMILES string of the molecule is COC(=O)[C@]12CCC[C@@H]1Nc1ccccc1C2. The largest absolute Gasteiger partial charge is 0.469 e. The maximum absolute atomic E-state index is 12.1. The lowest BCUT2D eigenvalue weighted by molar-refractivity contribution is -0.153. The predicted molar refractivity (Wildman–Crippen MR) is 65.9 cm³/mol. The minimum atomic E-state index is -0.330. The monoisotopic (exact) mass is 231 g/mol. The summed E-state index contributed by atoms with van der Waals surface area (Å²) in [5, 5.41) is 3.51. The zero-order chi connectivity index (χ0) is 11.9. The van der Waals surface area contributed by atoms with Crippen LogP contribution in [0.25, 0.3) is 0 Å². The third kappa shape index (κ3) is 1.45. The van der Waals surface area contributed by atoms with E-state index in [9.17, 15) is 4.79 Å². The number of nitrogens with one attached hydrogen (secondary N) is 1. The van der Waals surface area contributed by atoms with Crippen molar-refractivity contribution in [3.05, 3.63) is 29.8 Å². The van der Waals surface area contributed by atoms with Crippen LogP contribution in [0, 0.1) is 5.41 Å². The topological polar surface area (TPSA) is 38.3 Å². The van der Waals surface area contributed by atoms with E-state index in [0.717, 1.165) is 25.7 Å². The number of methoxy groups -OCH3 is 1. The quantitative estimate of drug-likeness (QED) is 0.754. The summed E-state index contributed by atoms with van der Waals surface area (Å²) in [5.41, 5.74) is 2.08. The molecule has 1 aliphatic heterocycles. The van der Waals surface area contributed by atoms with Gasteiger partial charge >= 0.3 is 5.97 Å². The molecule has 1 heterocycles. The molecule has 0 aromatic heterocycles. The normalized spacial score (nSPS) is 30.1. The van der Waals surface area contributed by atoms with Crippen molar-refractivity contribution in [2.45, 2.75) is 31.7 Å². The highest BCUT2D eigenvalue weighted by Gasteiger charge is 2.52. The Morgan fingerprint density at radius 1 is 1.47 bits per heavy atom. The van der Waals surface area contributed by atoms with E-state index in [2.05, 4.69) is 17.4 Å². The van der Waals surface area contributed by atoms with Gasteiger partial charge in [0.1, 0.15) is 0 Å². The molecule has 3 nitrogen and oxygen atoms in total. The van der Waals surface area contributed by atoms with Crippen molar-refractivity contribution in [2.75, 3.05) is 12.4 Å². The lowest BCUT2D eigenvalue weighted by Crippen LogP contribution is -2.47. The Morgan fingerprint density at radius 3 is 3.12 bits per heavy atom. The second kappa shape index (κ2) is 3.76. The summed E-state index contributed by atoms with van der Waals surface area (Å²) in [5.74, 6) is -0.0537. The van der Waals surface area contributed by atoms with E-state index >= 15 is 0 Å².